The van der Waals surface area contributed by atoms with E-state index >= 15 is 0 Å². The van der Waals surface area contributed by atoms with Crippen molar-refractivity contribution in [3.05, 3.63) is 28.4 Å². The Morgan fingerprint density at radius 2 is 2.18 bits per heavy atom. The standard InChI is InChI=1S/C10H13N3O4/c1-6(2)9(10(14)15)12-7-3-4-8(11-5-7)13(16)17/h3-6,9,12H,1-2H3,(H,14,15). The smallest absolute Gasteiger partial charge is 0.363 e. The number of nitrogens with zero attached hydrogens (tertiary/aromatic N) is 2. The Labute approximate surface area is 97.6 Å². The van der Waals surface area contributed by atoms with Crippen molar-refractivity contribution < 1.29 is 14.8 Å². The molecule has 1 heterocycles. The second-order valence-corrected chi connectivity index (χ2v) is 3.87. The first kappa shape index (κ1) is 12.9. The monoisotopic (exact) mass is 239 g/mol. The Morgan fingerprint density at radius 1 is 1.53 bits per heavy atom. The van der Waals surface area contributed by atoms with Crippen LogP contribution in [0.3, 0.4) is 0 Å². The zero-order chi connectivity index (χ0) is 13.0. The summed E-state index contributed by atoms with van der Waals surface area (Å²) in [6.07, 6.45) is 1.25. The molecule has 1 rings (SSSR count). The molecule has 2 N–H and O–H groups in total. The molecule has 1 aromatic rings. The summed E-state index contributed by atoms with van der Waals surface area (Å²) in [7, 11) is 0. The minimum Gasteiger partial charge on any atom is -0.480 e. The van der Waals surface area contributed by atoms with Gasteiger partial charge in [-0.2, -0.15) is 0 Å². The number of carboxylic acids is 1. The molecule has 0 fully saturated rings. The van der Waals surface area contributed by atoms with Crippen molar-refractivity contribution >= 4 is 17.5 Å². The average Bonchev–Trinajstić information content (AvgIpc) is 2.25. The second-order valence-electron chi connectivity index (χ2n) is 3.87. The van der Waals surface area contributed by atoms with Crippen LogP contribution in [-0.4, -0.2) is 27.0 Å². The van der Waals surface area contributed by atoms with Crippen LogP contribution < -0.4 is 5.32 Å². The number of carbonyl (C=O) groups is 1. The molecule has 7 nitrogen and oxygen atoms in total. The number of aromatic nitrogens is 1. The molecule has 0 radical (unpaired) electrons. The van der Waals surface area contributed by atoms with Crippen LogP contribution in [0.5, 0.6) is 0 Å². The van der Waals surface area contributed by atoms with Crippen molar-refractivity contribution in [1.82, 2.24) is 4.98 Å². The van der Waals surface area contributed by atoms with E-state index in [1.54, 1.807) is 13.8 Å². The fourth-order valence-corrected chi connectivity index (χ4v) is 1.27. The van der Waals surface area contributed by atoms with Crippen LogP contribution in [0.2, 0.25) is 0 Å². The third-order valence-corrected chi connectivity index (χ3v) is 2.19. The van der Waals surface area contributed by atoms with E-state index < -0.39 is 16.9 Å². The summed E-state index contributed by atoms with van der Waals surface area (Å²) in [5.74, 6) is -1.35. The van der Waals surface area contributed by atoms with Crippen LogP contribution in [0.25, 0.3) is 0 Å². The SMILES string of the molecule is CC(C)C(Nc1ccc([N+](=O)[O-])nc1)C(=O)O. The maximum atomic E-state index is 10.9. The number of anilines is 1. The van der Waals surface area contributed by atoms with Gasteiger partial charge in [0.05, 0.1) is 5.69 Å². The van der Waals surface area contributed by atoms with Crippen molar-refractivity contribution in [3.8, 4) is 0 Å². The molecule has 1 aromatic heterocycles. The molecule has 0 aromatic carbocycles. The number of nitro groups is 1. The minimum atomic E-state index is -0.974. The van der Waals surface area contributed by atoms with Gasteiger partial charge in [-0.25, -0.2) is 4.79 Å². The number of nitrogens with one attached hydrogen (secondary N) is 1. The Balaban J connectivity index is 2.80. The molecule has 7 heteroatoms. The lowest BCUT2D eigenvalue weighted by atomic mass is 10.0. The molecule has 0 saturated heterocycles. The van der Waals surface area contributed by atoms with Crippen LogP contribution in [-0.2, 0) is 4.79 Å². The fraction of sp³-hybridized carbons (Fsp3) is 0.400. The van der Waals surface area contributed by atoms with Gasteiger partial charge in [0.25, 0.3) is 0 Å². The molecular weight excluding hydrogens is 226 g/mol. The first-order chi connectivity index (χ1) is 7.91. The molecule has 0 bridgehead atoms. The molecule has 0 aliphatic heterocycles. The molecule has 92 valence electrons. The molecule has 17 heavy (non-hydrogen) atoms. The third kappa shape index (κ3) is 3.40. The predicted molar refractivity (Wildman–Crippen MR) is 60.8 cm³/mol. The van der Waals surface area contributed by atoms with Crippen molar-refractivity contribution in [2.24, 2.45) is 5.92 Å². The van der Waals surface area contributed by atoms with Crippen molar-refractivity contribution in [1.29, 1.82) is 0 Å². The lowest BCUT2D eigenvalue weighted by molar-refractivity contribution is -0.389. The van der Waals surface area contributed by atoms with Crippen LogP contribution in [0, 0.1) is 16.0 Å². The zero-order valence-corrected chi connectivity index (χ0v) is 9.45. The highest BCUT2D eigenvalue weighted by Crippen LogP contribution is 2.15. The number of carboxylic acid groups (broad SMARTS) is 1. The Morgan fingerprint density at radius 3 is 2.53 bits per heavy atom. The normalized spacial score (nSPS) is 12.2. The number of aliphatic carboxylic acids is 1. The second kappa shape index (κ2) is 5.24. The highest BCUT2D eigenvalue weighted by atomic mass is 16.6. The highest BCUT2D eigenvalue weighted by Gasteiger charge is 2.21. The molecule has 0 saturated carbocycles. The lowest BCUT2D eigenvalue weighted by Gasteiger charge is -2.18. The summed E-state index contributed by atoms with van der Waals surface area (Å²) >= 11 is 0. The zero-order valence-electron chi connectivity index (χ0n) is 9.45. The summed E-state index contributed by atoms with van der Waals surface area (Å²) in [6, 6.07) is 1.91. The molecule has 0 amide bonds. The number of hydrogen-bond donors (Lipinski definition) is 2. The van der Waals surface area contributed by atoms with Gasteiger partial charge in [-0.05, 0) is 21.9 Å². The highest BCUT2D eigenvalue weighted by molar-refractivity contribution is 5.77. The Kier molecular flexibility index (Phi) is 3.97. The molecule has 0 aliphatic carbocycles. The quantitative estimate of drug-likeness (QED) is 0.596. The topological polar surface area (TPSA) is 105 Å². The van der Waals surface area contributed by atoms with Crippen molar-refractivity contribution in [3.63, 3.8) is 0 Å². The largest absolute Gasteiger partial charge is 0.480 e. The van der Waals surface area contributed by atoms with Gasteiger partial charge in [-0.15, -0.1) is 0 Å². The van der Waals surface area contributed by atoms with E-state index in [2.05, 4.69) is 10.3 Å². The van der Waals surface area contributed by atoms with Gasteiger partial charge in [0.2, 0.25) is 0 Å². The Bertz CT molecular complexity index is 416. The van der Waals surface area contributed by atoms with Crippen LogP contribution >= 0.6 is 0 Å². The molecule has 1 unspecified atom stereocenters. The molecular formula is C10H13N3O4. The van der Waals surface area contributed by atoms with Gasteiger partial charge < -0.3 is 20.5 Å². The van der Waals surface area contributed by atoms with Crippen LogP contribution in [0.1, 0.15) is 13.8 Å². The summed E-state index contributed by atoms with van der Waals surface area (Å²) in [6.45, 7) is 3.54. The van der Waals surface area contributed by atoms with Gasteiger partial charge in [-0.3, -0.25) is 0 Å². The van der Waals surface area contributed by atoms with Crippen molar-refractivity contribution in [2.45, 2.75) is 19.9 Å². The van der Waals surface area contributed by atoms with Crippen molar-refractivity contribution in [2.75, 3.05) is 5.32 Å². The van der Waals surface area contributed by atoms with E-state index in [1.165, 1.54) is 18.3 Å². The molecule has 1 atom stereocenters. The van der Waals surface area contributed by atoms with E-state index in [0.29, 0.717) is 5.69 Å². The first-order valence-electron chi connectivity index (χ1n) is 5.01. The van der Waals surface area contributed by atoms with Crippen LogP contribution in [0.15, 0.2) is 18.3 Å². The van der Waals surface area contributed by atoms with E-state index in [9.17, 15) is 14.9 Å². The lowest BCUT2D eigenvalue weighted by Crippen LogP contribution is -2.34. The van der Waals surface area contributed by atoms with Gasteiger partial charge >= 0.3 is 11.8 Å². The fourth-order valence-electron chi connectivity index (χ4n) is 1.27. The third-order valence-electron chi connectivity index (χ3n) is 2.19. The average molecular weight is 239 g/mol. The first-order valence-corrected chi connectivity index (χ1v) is 5.01. The van der Waals surface area contributed by atoms with Crippen LogP contribution in [0.4, 0.5) is 11.5 Å². The van der Waals surface area contributed by atoms with Gasteiger partial charge in [0.1, 0.15) is 6.04 Å². The summed E-state index contributed by atoms with van der Waals surface area (Å²) in [5, 5.41) is 22.1. The summed E-state index contributed by atoms with van der Waals surface area (Å²) < 4.78 is 0. The van der Waals surface area contributed by atoms with E-state index in [-0.39, 0.29) is 11.7 Å². The maximum absolute atomic E-state index is 10.9. The number of pyridine rings is 1. The summed E-state index contributed by atoms with van der Waals surface area (Å²) in [4.78, 5) is 24.3. The Hall–Kier alpha value is -2.18. The predicted octanol–water partition coefficient (Wildman–Crippen LogP) is 1.51. The van der Waals surface area contributed by atoms with Gasteiger partial charge in [0, 0.05) is 6.07 Å². The number of rotatable bonds is 5. The van der Waals surface area contributed by atoms with E-state index in [1.807, 2.05) is 0 Å². The maximum Gasteiger partial charge on any atom is 0.363 e. The summed E-state index contributed by atoms with van der Waals surface area (Å²) in [5.41, 5.74) is 0.441. The van der Waals surface area contributed by atoms with E-state index in [0.717, 1.165) is 0 Å². The van der Waals surface area contributed by atoms with E-state index in [4.69, 9.17) is 5.11 Å². The molecule has 0 aliphatic rings. The van der Waals surface area contributed by atoms with Gasteiger partial charge in [0.15, 0.2) is 6.20 Å². The molecule has 0 spiro atoms. The minimum absolute atomic E-state index is 0.109. The number of hydrogen-bond acceptors (Lipinski definition) is 5. The van der Waals surface area contributed by atoms with Gasteiger partial charge in [-0.1, -0.05) is 13.8 Å².